The molecule has 0 spiro atoms. The summed E-state index contributed by atoms with van der Waals surface area (Å²) >= 11 is 5.19. The molecule has 1 aromatic heterocycles. The van der Waals surface area contributed by atoms with Crippen LogP contribution in [-0.4, -0.2) is 5.11 Å². The van der Waals surface area contributed by atoms with E-state index in [0.29, 0.717) is 0 Å². The molecule has 1 atom stereocenters. The van der Waals surface area contributed by atoms with E-state index in [2.05, 4.69) is 28.9 Å². The number of benzene rings is 1. The molecule has 1 unspecified atom stereocenters. The maximum absolute atomic E-state index is 10.3. The zero-order valence-corrected chi connectivity index (χ0v) is 11.6. The summed E-state index contributed by atoms with van der Waals surface area (Å²) in [5.41, 5.74) is 1.93. The van der Waals surface area contributed by atoms with Gasteiger partial charge in [-0.3, -0.25) is 0 Å². The van der Waals surface area contributed by atoms with Crippen molar-refractivity contribution in [3.05, 3.63) is 55.7 Å². The average molecular weight is 297 g/mol. The van der Waals surface area contributed by atoms with Crippen molar-refractivity contribution in [2.75, 3.05) is 0 Å². The van der Waals surface area contributed by atoms with E-state index in [1.807, 2.05) is 31.2 Å². The molecule has 0 aliphatic carbocycles. The second kappa shape index (κ2) is 4.70. The Balaban J connectivity index is 2.43. The highest BCUT2D eigenvalue weighted by Gasteiger charge is 2.16. The highest BCUT2D eigenvalue weighted by molar-refractivity contribution is 9.10. The standard InChI is InChI=1S/C13H13BrOS/c1-8-7-11(9(2)16-8)13(15)10-5-3-4-6-12(10)14/h3-7,13,15H,1-2H3. The average Bonchev–Trinajstić information content (AvgIpc) is 2.58. The predicted octanol–water partition coefficient (Wildman–Crippen LogP) is 4.21. The highest BCUT2D eigenvalue weighted by atomic mass is 79.9. The van der Waals surface area contributed by atoms with E-state index in [1.54, 1.807) is 11.3 Å². The Morgan fingerprint density at radius 3 is 2.44 bits per heavy atom. The van der Waals surface area contributed by atoms with Crippen LogP contribution in [0.3, 0.4) is 0 Å². The van der Waals surface area contributed by atoms with Gasteiger partial charge in [0.1, 0.15) is 6.10 Å². The summed E-state index contributed by atoms with van der Waals surface area (Å²) in [6.07, 6.45) is -0.541. The molecule has 0 saturated carbocycles. The Labute approximate surface area is 108 Å². The Morgan fingerprint density at radius 2 is 1.88 bits per heavy atom. The molecule has 1 N–H and O–H groups in total. The van der Waals surface area contributed by atoms with Crippen LogP contribution in [0.4, 0.5) is 0 Å². The normalized spacial score (nSPS) is 12.8. The summed E-state index contributed by atoms with van der Waals surface area (Å²) in [5, 5.41) is 10.3. The summed E-state index contributed by atoms with van der Waals surface area (Å²) in [7, 11) is 0. The second-order valence-corrected chi connectivity index (χ2v) is 6.11. The van der Waals surface area contributed by atoms with E-state index < -0.39 is 6.10 Å². The molecule has 16 heavy (non-hydrogen) atoms. The van der Waals surface area contributed by atoms with Gasteiger partial charge in [0.15, 0.2) is 0 Å². The number of aliphatic hydroxyl groups excluding tert-OH is 1. The molecule has 84 valence electrons. The molecular weight excluding hydrogens is 284 g/mol. The zero-order valence-electron chi connectivity index (χ0n) is 9.20. The van der Waals surface area contributed by atoms with Crippen LogP contribution in [0.5, 0.6) is 0 Å². The lowest BCUT2D eigenvalue weighted by Crippen LogP contribution is -2.00. The third-order valence-electron chi connectivity index (χ3n) is 2.57. The van der Waals surface area contributed by atoms with Gasteiger partial charge in [0, 0.05) is 14.2 Å². The Morgan fingerprint density at radius 1 is 1.19 bits per heavy atom. The van der Waals surface area contributed by atoms with Gasteiger partial charge in [-0.1, -0.05) is 34.1 Å². The second-order valence-electron chi connectivity index (χ2n) is 3.79. The molecule has 0 bridgehead atoms. The number of halogens is 1. The maximum atomic E-state index is 10.3. The van der Waals surface area contributed by atoms with E-state index in [-0.39, 0.29) is 0 Å². The Hall–Kier alpha value is -0.640. The topological polar surface area (TPSA) is 20.2 Å². The first-order chi connectivity index (χ1) is 7.59. The van der Waals surface area contributed by atoms with Crippen LogP contribution in [0, 0.1) is 13.8 Å². The minimum Gasteiger partial charge on any atom is -0.384 e. The van der Waals surface area contributed by atoms with Crippen LogP contribution < -0.4 is 0 Å². The minimum atomic E-state index is -0.541. The van der Waals surface area contributed by atoms with Crippen LogP contribution in [0.25, 0.3) is 0 Å². The molecule has 0 saturated heterocycles. The van der Waals surface area contributed by atoms with Gasteiger partial charge in [0.25, 0.3) is 0 Å². The van der Waals surface area contributed by atoms with Crippen molar-refractivity contribution < 1.29 is 5.11 Å². The van der Waals surface area contributed by atoms with Crippen molar-refractivity contribution in [3.63, 3.8) is 0 Å². The van der Waals surface area contributed by atoms with Crippen LogP contribution in [0.2, 0.25) is 0 Å². The van der Waals surface area contributed by atoms with Crippen LogP contribution in [0.15, 0.2) is 34.8 Å². The molecule has 1 aromatic carbocycles. The molecule has 0 aliphatic rings. The van der Waals surface area contributed by atoms with E-state index in [1.165, 1.54) is 9.75 Å². The number of aryl methyl sites for hydroxylation is 2. The lowest BCUT2D eigenvalue weighted by atomic mass is 10.0. The molecule has 2 rings (SSSR count). The minimum absolute atomic E-state index is 0.541. The van der Waals surface area contributed by atoms with Crippen molar-refractivity contribution in [1.82, 2.24) is 0 Å². The molecule has 0 radical (unpaired) electrons. The molecule has 0 aliphatic heterocycles. The van der Waals surface area contributed by atoms with Gasteiger partial charge in [0.2, 0.25) is 0 Å². The van der Waals surface area contributed by atoms with Gasteiger partial charge in [-0.25, -0.2) is 0 Å². The number of thiophene rings is 1. The first-order valence-electron chi connectivity index (χ1n) is 5.09. The monoisotopic (exact) mass is 296 g/mol. The molecule has 3 heteroatoms. The quantitative estimate of drug-likeness (QED) is 0.880. The summed E-state index contributed by atoms with van der Waals surface area (Å²) in [5.74, 6) is 0. The third-order valence-corrected chi connectivity index (χ3v) is 4.28. The van der Waals surface area contributed by atoms with Gasteiger partial charge in [-0.05, 0) is 37.1 Å². The van der Waals surface area contributed by atoms with Crippen LogP contribution in [-0.2, 0) is 0 Å². The number of hydrogen-bond acceptors (Lipinski definition) is 2. The van der Waals surface area contributed by atoms with Gasteiger partial charge < -0.3 is 5.11 Å². The lowest BCUT2D eigenvalue weighted by molar-refractivity contribution is 0.219. The number of rotatable bonds is 2. The van der Waals surface area contributed by atoms with E-state index in [9.17, 15) is 5.11 Å². The van der Waals surface area contributed by atoms with Crippen molar-refractivity contribution >= 4 is 27.3 Å². The largest absolute Gasteiger partial charge is 0.384 e. The molecule has 2 aromatic rings. The summed E-state index contributed by atoms with van der Waals surface area (Å²) in [6, 6.07) is 9.85. The molecule has 0 amide bonds. The third kappa shape index (κ3) is 2.21. The number of hydrogen-bond donors (Lipinski definition) is 1. The Kier molecular flexibility index (Phi) is 3.47. The van der Waals surface area contributed by atoms with Crippen molar-refractivity contribution in [2.24, 2.45) is 0 Å². The SMILES string of the molecule is Cc1cc(C(O)c2ccccc2Br)c(C)s1. The zero-order chi connectivity index (χ0) is 11.7. The summed E-state index contributed by atoms with van der Waals surface area (Å²) < 4.78 is 0.950. The van der Waals surface area contributed by atoms with Crippen LogP contribution in [0.1, 0.15) is 27.0 Å². The fourth-order valence-corrected chi connectivity index (χ4v) is 3.25. The molecular formula is C13H13BrOS. The predicted molar refractivity (Wildman–Crippen MR) is 72.0 cm³/mol. The fraction of sp³-hybridized carbons (Fsp3) is 0.231. The smallest absolute Gasteiger partial charge is 0.106 e. The highest BCUT2D eigenvalue weighted by Crippen LogP contribution is 2.33. The first-order valence-corrected chi connectivity index (χ1v) is 6.70. The maximum Gasteiger partial charge on any atom is 0.106 e. The van der Waals surface area contributed by atoms with Gasteiger partial charge >= 0.3 is 0 Å². The van der Waals surface area contributed by atoms with E-state index in [0.717, 1.165) is 15.6 Å². The van der Waals surface area contributed by atoms with Gasteiger partial charge in [0.05, 0.1) is 0 Å². The van der Waals surface area contributed by atoms with Crippen molar-refractivity contribution in [2.45, 2.75) is 20.0 Å². The van der Waals surface area contributed by atoms with Crippen molar-refractivity contribution in [1.29, 1.82) is 0 Å². The van der Waals surface area contributed by atoms with Crippen molar-refractivity contribution in [3.8, 4) is 0 Å². The Bertz CT molecular complexity index is 504. The first kappa shape index (κ1) is 11.8. The summed E-state index contributed by atoms with van der Waals surface area (Å²) in [6.45, 7) is 4.11. The number of aliphatic hydroxyl groups is 1. The van der Waals surface area contributed by atoms with Crippen LogP contribution >= 0.6 is 27.3 Å². The van der Waals surface area contributed by atoms with E-state index >= 15 is 0 Å². The van der Waals surface area contributed by atoms with Gasteiger partial charge in [-0.2, -0.15) is 0 Å². The fourth-order valence-electron chi connectivity index (χ4n) is 1.79. The molecule has 0 fully saturated rings. The molecule has 1 nitrogen and oxygen atoms in total. The van der Waals surface area contributed by atoms with Gasteiger partial charge in [-0.15, -0.1) is 11.3 Å². The summed E-state index contributed by atoms with van der Waals surface area (Å²) in [4.78, 5) is 2.42. The van der Waals surface area contributed by atoms with E-state index in [4.69, 9.17) is 0 Å². The molecule has 1 heterocycles. The lowest BCUT2D eigenvalue weighted by Gasteiger charge is -2.12.